The van der Waals surface area contributed by atoms with E-state index in [-0.39, 0.29) is 18.2 Å². The molecule has 0 saturated carbocycles. The Hall–Kier alpha value is -2.11. The van der Waals surface area contributed by atoms with Crippen LogP contribution in [0.25, 0.3) is 6.08 Å². The summed E-state index contributed by atoms with van der Waals surface area (Å²) in [7, 11) is 1.81. The fourth-order valence-electron chi connectivity index (χ4n) is 2.15. The monoisotopic (exact) mass is 293 g/mol. The summed E-state index contributed by atoms with van der Waals surface area (Å²) in [5.41, 5.74) is 0.844. The molecule has 0 spiro atoms. The van der Waals surface area contributed by atoms with Crippen LogP contribution in [0.5, 0.6) is 0 Å². The van der Waals surface area contributed by atoms with E-state index < -0.39 is 5.97 Å². The van der Waals surface area contributed by atoms with Crippen LogP contribution in [0.4, 0.5) is 0 Å². The zero-order chi connectivity index (χ0) is 15.8. The second kappa shape index (κ2) is 8.24. The second-order valence-electron chi connectivity index (χ2n) is 5.62. The highest BCUT2D eigenvalue weighted by molar-refractivity contribution is 5.91. The van der Waals surface area contributed by atoms with Gasteiger partial charge in [0, 0.05) is 37.8 Å². The summed E-state index contributed by atoms with van der Waals surface area (Å²) in [5.74, 6) is -0.700. The van der Waals surface area contributed by atoms with E-state index >= 15 is 0 Å². The number of carboxylic acids is 1. The predicted molar refractivity (Wildman–Crippen MR) is 80.4 cm³/mol. The van der Waals surface area contributed by atoms with Gasteiger partial charge in [-0.2, -0.15) is 5.10 Å². The molecule has 1 unspecified atom stereocenters. The molecular weight excluding hydrogens is 270 g/mol. The summed E-state index contributed by atoms with van der Waals surface area (Å²) in [4.78, 5) is 22.5. The van der Waals surface area contributed by atoms with Crippen molar-refractivity contribution < 1.29 is 14.7 Å². The first kappa shape index (κ1) is 16.9. The van der Waals surface area contributed by atoms with Gasteiger partial charge in [-0.15, -0.1) is 0 Å². The standard InChI is InChI=1S/C15H23N3O3/c1-11(2)6-13(7-15(20)21)8-16-14(19)5-4-12-9-17-18(3)10-12/h4-5,9-11,13H,6-8H2,1-3H3,(H,16,19)(H,20,21). The molecule has 1 aromatic rings. The molecule has 0 saturated heterocycles. The first-order chi connectivity index (χ1) is 9.86. The van der Waals surface area contributed by atoms with Crippen LogP contribution in [0.15, 0.2) is 18.5 Å². The van der Waals surface area contributed by atoms with Gasteiger partial charge in [0.25, 0.3) is 0 Å². The molecule has 116 valence electrons. The second-order valence-corrected chi connectivity index (χ2v) is 5.62. The molecule has 21 heavy (non-hydrogen) atoms. The molecular formula is C15H23N3O3. The van der Waals surface area contributed by atoms with Gasteiger partial charge in [0.2, 0.25) is 5.91 Å². The topological polar surface area (TPSA) is 84.2 Å². The van der Waals surface area contributed by atoms with E-state index in [0.29, 0.717) is 12.5 Å². The van der Waals surface area contributed by atoms with E-state index in [1.54, 1.807) is 30.2 Å². The lowest BCUT2D eigenvalue weighted by molar-refractivity contribution is -0.138. The molecule has 1 amide bonds. The summed E-state index contributed by atoms with van der Waals surface area (Å²) >= 11 is 0. The maximum Gasteiger partial charge on any atom is 0.303 e. The highest BCUT2D eigenvalue weighted by Gasteiger charge is 2.15. The van der Waals surface area contributed by atoms with Gasteiger partial charge >= 0.3 is 5.97 Å². The van der Waals surface area contributed by atoms with E-state index in [2.05, 4.69) is 10.4 Å². The normalized spacial score (nSPS) is 12.8. The van der Waals surface area contributed by atoms with Crippen LogP contribution in [-0.2, 0) is 16.6 Å². The van der Waals surface area contributed by atoms with Crippen molar-refractivity contribution in [2.24, 2.45) is 18.9 Å². The highest BCUT2D eigenvalue weighted by atomic mass is 16.4. The van der Waals surface area contributed by atoms with Crippen molar-refractivity contribution in [3.8, 4) is 0 Å². The number of rotatable bonds is 8. The number of hydrogen-bond donors (Lipinski definition) is 2. The number of aliphatic carboxylic acids is 1. The molecule has 0 radical (unpaired) electrons. The molecule has 6 nitrogen and oxygen atoms in total. The van der Waals surface area contributed by atoms with E-state index in [9.17, 15) is 9.59 Å². The first-order valence-electron chi connectivity index (χ1n) is 7.03. The molecule has 0 aliphatic heterocycles. The van der Waals surface area contributed by atoms with Gasteiger partial charge in [-0.3, -0.25) is 14.3 Å². The number of carbonyl (C=O) groups is 2. The average Bonchev–Trinajstić information content (AvgIpc) is 2.78. The van der Waals surface area contributed by atoms with Crippen molar-refractivity contribution in [3.63, 3.8) is 0 Å². The van der Waals surface area contributed by atoms with E-state index in [1.165, 1.54) is 6.08 Å². The lowest BCUT2D eigenvalue weighted by Crippen LogP contribution is -2.29. The largest absolute Gasteiger partial charge is 0.481 e. The number of amides is 1. The quantitative estimate of drug-likeness (QED) is 0.714. The smallest absolute Gasteiger partial charge is 0.303 e. The van der Waals surface area contributed by atoms with Gasteiger partial charge in [0.15, 0.2) is 0 Å². The fraction of sp³-hybridized carbons (Fsp3) is 0.533. The molecule has 0 bridgehead atoms. The zero-order valence-electron chi connectivity index (χ0n) is 12.7. The maximum atomic E-state index is 11.7. The minimum Gasteiger partial charge on any atom is -0.481 e. The lowest BCUT2D eigenvalue weighted by Gasteiger charge is -2.17. The van der Waals surface area contributed by atoms with Crippen molar-refractivity contribution in [2.45, 2.75) is 26.7 Å². The average molecular weight is 293 g/mol. The summed E-state index contributed by atoms with van der Waals surface area (Å²) in [6.45, 7) is 4.46. The van der Waals surface area contributed by atoms with Crippen LogP contribution >= 0.6 is 0 Å². The third kappa shape index (κ3) is 7.29. The van der Waals surface area contributed by atoms with Gasteiger partial charge < -0.3 is 10.4 Å². The number of nitrogens with zero attached hydrogens (tertiary/aromatic N) is 2. The number of hydrogen-bond acceptors (Lipinski definition) is 3. The molecule has 1 rings (SSSR count). The van der Waals surface area contributed by atoms with Crippen LogP contribution in [0.1, 0.15) is 32.3 Å². The molecule has 2 N–H and O–H groups in total. The SMILES string of the molecule is CC(C)CC(CNC(=O)C=Cc1cnn(C)c1)CC(=O)O. The Bertz CT molecular complexity index is 506. The Kier molecular flexibility index (Phi) is 6.65. The summed E-state index contributed by atoms with van der Waals surface area (Å²) in [6.07, 6.45) is 7.43. The molecule has 0 aromatic carbocycles. The van der Waals surface area contributed by atoms with Crippen LogP contribution < -0.4 is 5.32 Å². The first-order valence-corrected chi connectivity index (χ1v) is 7.03. The number of carbonyl (C=O) groups excluding carboxylic acids is 1. The van der Waals surface area contributed by atoms with Crippen molar-refractivity contribution in [2.75, 3.05) is 6.54 Å². The van der Waals surface area contributed by atoms with E-state index in [1.807, 2.05) is 13.8 Å². The Morgan fingerprint density at radius 3 is 2.71 bits per heavy atom. The highest BCUT2D eigenvalue weighted by Crippen LogP contribution is 2.14. The minimum absolute atomic E-state index is 0.0433. The maximum absolute atomic E-state index is 11.7. The van der Waals surface area contributed by atoms with E-state index in [4.69, 9.17) is 5.11 Å². The number of carboxylic acid groups (broad SMARTS) is 1. The Morgan fingerprint density at radius 2 is 2.19 bits per heavy atom. The van der Waals surface area contributed by atoms with Gasteiger partial charge in [0.05, 0.1) is 6.20 Å². The van der Waals surface area contributed by atoms with Gasteiger partial charge in [-0.1, -0.05) is 13.8 Å². The van der Waals surface area contributed by atoms with Crippen LogP contribution in [0.3, 0.4) is 0 Å². The number of aryl methyl sites for hydroxylation is 1. The third-order valence-electron chi connectivity index (χ3n) is 2.99. The Morgan fingerprint density at radius 1 is 1.48 bits per heavy atom. The molecule has 0 aliphatic carbocycles. The van der Waals surface area contributed by atoms with Gasteiger partial charge in [-0.25, -0.2) is 0 Å². The summed E-state index contributed by atoms with van der Waals surface area (Å²) < 4.78 is 1.66. The van der Waals surface area contributed by atoms with Crippen LogP contribution in [0.2, 0.25) is 0 Å². The number of nitrogens with one attached hydrogen (secondary N) is 1. The van der Waals surface area contributed by atoms with Gasteiger partial charge in [0.1, 0.15) is 0 Å². The van der Waals surface area contributed by atoms with Crippen LogP contribution in [-0.4, -0.2) is 33.3 Å². The van der Waals surface area contributed by atoms with E-state index in [0.717, 1.165) is 12.0 Å². The molecule has 6 heteroatoms. The molecule has 1 aromatic heterocycles. The van der Waals surface area contributed by atoms with Gasteiger partial charge in [-0.05, 0) is 24.3 Å². The van der Waals surface area contributed by atoms with Crippen molar-refractivity contribution >= 4 is 18.0 Å². The number of aromatic nitrogens is 2. The third-order valence-corrected chi connectivity index (χ3v) is 2.99. The Labute approximate surface area is 124 Å². The minimum atomic E-state index is -0.833. The summed E-state index contributed by atoms with van der Waals surface area (Å²) in [5, 5.41) is 15.6. The Balaban J connectivity index is 2.45. The van der Waals surface area contributed by atoms with Crippen molar-refractivity contribution in [3.05, 3.63) is 24.0 Å². The van der Waals surface area contributed by atoms with Crippen molar-refractivity contribution in [1.82, 2.24) is 15.1 Å². The fourth-order valence-corrected chi connectivity index (χ4v) is 2.15. The molecule has 0 fully saturated rings. The zero-order valence-corrected chi connectivity index (χ0v) is 12.7. The van der Waals surface area contributed by atoms with Crippen LogP contribution in [0, 0.1) is 11.8 Å². The molecule has 0 aliphatic rings. The predicted octanol–water partition coefficient (Wildman–Crippen LogP) is 1.69. The molecule has 1 atom stereocenters. The molecule has 1 heterocycles. The summed E-state index contributed by atoms with van der Waals surface area (Å²) in [6, 6.07) is 0. The lowest BCUT2D eigenvalue weighted by atomic mass is 9.94. The van der Waals surface area contributed by atoms with Crippen molar-refractivity contribution in [1.29, 1.82) is 0 Å².